The minimum Gasteiger partial charge on any atom is -0.502 e. The van der Waals surface area contributed by atoms with E-state index in [0.717, 1.165) is 16.8 Å². The lowest BCUT2D eigenvalue weighted by Gasteiger charge is -2.10. The smallest absolute Gasteiger partial charge is 0.313 e. The zero-order valence-electron chi connectivity index (χ0n) is 12.2. The van der Waals surface area contributed by atoms with Crippen molar-refractivity contribution in [3.05, 3.63) is 75.3 Å². The van der Waals surface area contributed by atoms with Crippen LogP contribution in [-0.2, 0) is 0 Å². The van der Waals surface area contributed by atoms with Crippen LogP contribution in [0.5, 0.6) is 5.75 Å². The van der Waals surface area contributed by atoms with E-state index < -0.39 is 22.3 Å². The first-order chi connectivity index (χ1) is 11.5. The van der Waals surface area contributed by atoms with Crippen LogP contribution in [0.25, 0.3) is 10.8 Å². The molecule has 0 aliphatic heterocycles. The highest BCUT2D eigenvalue weighted by atomic mass is 35.5. The third-order valence-electron chi connectivity index (χ3n) is 3.53. The molecule has 3 rings (SSSR count). The Morgan fingerprint density at radius 1 is 1.12 bits per heavy atom. The summed E-state index contributed by atoms with van der Waals surface area (Å²) in [6.07, 6.45) is 0. The van der Waals surface area contributed by atoms with Gasteiger partial charge in [-0.25, -0.2) is 0 Å². The molecule has 7 heteroatoms. The number of hydrogen-bond donors (Lipinski definition) is 2. The fourth-order valence-electron chi connectivity index (χ4n) is 2.42. The molecule has 0 saturated carbocycles. The minimum absolute atomic E-state index is 0.0115. The molecule has 2 N–H and O–H groups in total. The maximum Gasteiger partial charge on any atom is 0.313 e. The Morgan fingerprint density at radius 2 is 1.83 bits per heavy atom. The number of phenolic OH excluding ortho intramolecular Hbond substituents is 1. The van der Waals surface area contributed by atoms with Gasteiger partial charge in [0.1, 0.15) is 0 Å². The largest absolute Gasteiger partial charge is 0.502 e. The van der Waals surface area contributed by atoms with E-state index in [0.29, 0.717) is 5.69 Å². The van der Waals surface area contributed by atoms with Crippen molar-refractivity contribution in [2.24, 2.45) is 0 Å². The number of nitrogens with one attached hydrogen (secondary N) is 1. The molecule has 3 aromatic rings. The maximum absolute atomic E-state index is 12.5. The lowest BCUT2D eigenvalue weighted by Crippen LogP contribution is -2.13. The second-order valence-corrected chi connectivity index (χ2v) is 5.50. The number of phenols is 1. The van der Waals surface area contributed by atoms with Gasteiger partial charge in [0.05, 0.1) is 10.5 Å². The number of carbonyl (C=O) groups excluding carboxylic acids is 1. The zero-order chi connectivity index (χ0) is 17.3. The summed E-state index contributed by atoms with van der Waals surface area (Å²) in [5.41, 5.74) is -0.354. The lowest BCUT2D eigenvalue weighted by molar-refractivity contribution is -0.385. The van der Waals surface area contributed by atoms with Crippen molar-refractivity contribution < 1.29 is 14.8 Å². The molecule has 0 unspecified atom stereocenters. The molecule has 0 heterocycles. The summed E-state index contributed by atoms with van der Waals surface area (Å²) >= 11 is 5.81. The van der Waals surface area contributed by atoms with Gasteiger partial charge in [0, 0.05) is 22.2 Å². The number of amides is 1. The minimum atomic E-state index is -0.796. The summed E-state index contributed by atoms with van der Waals surface area (Å²) in [6, 6.07) is 15.0. The molecule has 0 aliphatic carbocycles. The predicted octanol–water partition coefficient (Wildman–Crippen LogP) is 4.36. The Hall–Kier alpha value is -3.12. The number of fused-ring (bicyclic) bond motifs is 1. The van der Waals surface area contributed by atoms with E-state index >= 15 is 0 Å². The van der Waals surface area contributed by atoms with Gasteiger partial charge in [-0.3, -0.25) is 14.9 Å². The molecular weight excluding hydrogens is 332 g/mol. The number of nitro benzene ring substituents is 1. The highest BCUT2D eigenvalue weighted by Gasteiger charge is 2.23. The van der Waals surface area contributed by atoms with E-state index in [4.69, 9.17) is 11.6 Å². The number of carbonyl (C=O) groups is 1. The Bertz CT molecular complexity index is 967. The highest BCUT2D eigenvalue weighted by molar-refractivity contribution is 6.31. The molecule has 6 nitrogen and oxygen atoms in total. The van der Waals surface area contributed by atoms with Crippen LogP contribution in [0.4, 0.5) is 11.4 Å². The number of hydrogen-bond acceptors (Lipinski definition) is 4. The molecule has 0 saturated heterocycles. The first-order valence-electron chi connectivity index (χ1n) is 6.93. The van der Waals surface area contributed by atoms with Crippen LogP contribution >= 0.6 is 11.6 Å². The molecule has 0 fully saturated rings. The first kappa shape index (κ1) is 15.8. The van der Waals surface area contributed by atoms with Crippen molar-refractivity contribution in [2.45, 2.75) is 0 Å². The first-order valence-corrected chi connectivity index (χ1v) is 7.31. The van der Waals surface area contributed by atoms with Crippen molar-refractivity contribution in [3.8, 4) is 5.75 Å². The van der Waals surface area contributed by atoms with Crippen molar-refractivity contribution in [2.75, 3.05) is 5.32 Å². The Morgan fingerprint density at radius 3 is 2.58 bits per heavy atom. The molecule has 3 aromatic carbocycles. The quantitative estimate of drug-likeness (QED) is 0.546. The van der Waals surface area contributed by atoms with E-state index in [9.17, 15) is 20.0 Å². The van der Waals surface area contributed by atoms with Crippen LogP contribution in [0.3, 0.4) is 0 Å². The second-order valence-electron chi connectivity index (χ2n) is 5.06. The summed E-state index contributed by atoms with van der Waals surface area (Å²) in [4.78, 5) is 22.6. The third-order valence-corrected chi connectivity index (χ3v) is 3.75. The Labute approximate surface area is 141 Å². The standard InChI is InChI=1S/C17H11ClN2O4/c18-11-8-13(16(21)15(9-11)20(23)24)17(22)19-14-7-3-5-10-4-1-2-6-12(10)14/h1-9,21H,(H,19,22). The zero-order valence-corrected chi connectivity index (χ0v) is 12.9. The molecule has 0 radical (unpaired) electrons. The second kappa shape index (κ2) is 6.17. The third kappa shape index (κ3) is 2.87. The monoisotopic (exact) mass is 342 g/mol. The summed E-state index contributed by atoms with van der Waals surface area (Å²) in [7, 11) is 0. The van der Waals surface area contributed by atoms with Gasteiger partial charge < -0.3 is 10.4 Å². The van der Waals surface area contributed by atoms with Crippen molar-refractivity contribution in [1.82, 2.24) is 0 Å². The molecule has 0 aromatic heterocycles. The van der Waals surface area contributed by atoms with Crippen molar-refractivity contribution in [3.63, 3.8) is 0 Å². The number of rotatable bonds is 3. The summed E-state index contributed by atoms with van der Waals surface area (Å²) in [5, 5.41) is 25.3. The summed E-state index contributed by atoms with van der Waals surface area (Å²) in [5.74, 6) is -1.41. The van der Waals surface area contributed by atoms with Crippen LogP contribution < -0.4 is 5.32 Å². The van der Waals surface area contributed by atoms with E-state index in [1.807, 2.05) is 30.3 Å². The number of anilines is 1. The van der Waals surface area contributed by atoms with Crippen LogP contribution in [0.15, 0.2) is 54.6 Å². The number of nitrogens with zero attached hydrogens (tertiary/aromatic N) is 1. The van der Waals surface area contributed by atoms with E-state index in [1.54, 1.807) is 12.1 Å². The van der Waals surface area contributed by atoms with Gasteiger partial charge in [-0.2, -0.15) is 0 Å². The fraction of sp³-hybridized carbons (Fsp3) is 0. The van der Waals surface area contributed by atoms with Gasteiger partial charge in [-0.05, 0) is 17.5 Å². The molecule has 24 heavy (non-hydrogen) atoms. The van der Waals surface area contributed by atoms with Gasteiger partial charge in [0.15, 0.2) is 0 Å². The highest BCUT2D eigenvalue weighted by Crippen LogP contribution is 2.34. The van der Waals surface area contributed by atoms with Gasteiger partial charge in [-0.15, -0.1) is 0 Å². The average molecular weight is 343 g/mol. The van der Waals surface area contributed by atoms with E-state index in [2.05, 4.69) is 5.32 Å². The molecule has 0 spiro atoms. The van der Waals surface area contributed by atoms with Crippen LogP contribution in [0.1, 0.15) is 10.4 Å². The molecule has 0 atom stereocenters. The number of halogens is 1. The molecule has 0 bridgehead atoms. The van der Waals surface area contributed by atoms with Crippen LogP contribution in [-0.4, -0.2) is 15.9 Å². The lowest BCUT2D eigenvalue weighted by atomic mass is 10.1. The van der Waals surface area contributed by atoms with E-state index in [-0.39, 0.29) is 10.6 Å². The predicted molar refractivity (Wildman–Crippen MR) is 91.7 cm³/mol. The van der Waals surface area contributed by atoms with Crippen LogP contribution in [0.2, 0.25) is 5.02 Å². The molecule has 120 valence electrons. The molecule has 0 aliphatic rings. The number of nitro groups is 1. The van der Waals surface area contributed by atoms with E-state index in [1.165, 1.54) is 6.07 Å². The Balaban J connectivity index is 2.03. The topological polar surface area (TPSA) is 92.5 Å². The van der Waals surface area contributed by atoms with Crippen molar-refractivity contribution >= 4 is 39.7 Å². The van der Waals surface area contributed by atoms with Gasteiger partial charge in [0.2, 0.25) is 5.75 Å². The summed E-state index contributed by atoms with van der Waals surface area (Å²) < 4.78 is 0. The molecule has 1 amide bonds. The summed E-state index contributed by atoms with van der Waals surface area (Å²) in [6.45, 7) is 0. The van der Waals surface area contributed by atoms with Gasteiger partial charge >= 0.3 is 5.69 Å². The SMILES string of the molecule is O=C(Nc1cccc2ccccc12)c1cc(Cl)cc([N+](=O)[O-])c1O. The number of aromatic hydroxyl groups is 1. The van der Waals surface area contributed by atoms with Crippen LogP contribution in [0, 0.1) is 10.1 Å². The van der Waals surface area contributed by atoms with Gasteiger partial charge in [0.25, 0.3) is 5.91 Å². The average Bonchev–Trinajstić information content (AvgIpc) is 2.56. The molecular formula is C17H11ClN2O4. The number of benzene rings is 3. The normalized spacial score (nSPS) is 10.5. The Kier molecular flexibility index (Phi) is 4.05. The van der Waals surface area contributed by atoms with Gasteiger partial charge in [-0.1, -0.05) is 48.0 Å². The maximum atomic E-state index is 12.5. The van der Waals surface area contributed by atoms with Crippen molar-refractivity contribution in [1.29, 1.82) is 0 Å². The fourth-order valence-corrected chi connectivity index (χ4v) is 2.63.